The number of rotatable bonds is 1. The molecule has 0 aliphatic heterocycles. The molecule has 0 unspecified atom stereocenters. The third-order valence-corrected chi connectivity index (χ3v) is 3.75. The van der Waals surface area contributed by atoms with Gasteiger partial charge in [-0.15, -0.1) is 11.3 Å². The van der Waals surface area contributed by atoms with Crippen molar-refractivity contribution in [3.05, 3.63) is 52.4 Å². The Morgan fingerprint density at radius 1 is 1.13 bits per heavy atom. The molecule has 0 atom stereocenters. The van der Waals surface area contributed by atoms with E-state index in [4.69, 9.17) is 0 Å². The molecule has 0 spiro atoms. The van der Waals surface area contributed by atoms with Crippen LogP contribution in [0, 0.1) is 0 Å². The Bertz CT molecular complexity index is 518. The summed E-state index contributed by atoms with van der Waals surface area (Å²) in [5.74, 6) is 0. The molecule has 0 radical (unpaired) electrons. The van der Waals surface area contributed by atoms with Crippen molar-refractivity contribution in [3.8, 4) is 10.4 Å². The molecule has 74 valence electrons. The largest absolute Gasteiger partial charge is 0.144 e. The highest BCUT2D eigenvalue weighted by Crippen LogP contribution is 2.35. The quantitative estimate of drug-likeness (QED) is 0.658. The molecule has 0 N–H and O–H groups in total. The van der Waals surface area contributed by atoms with Crippen molar-refractivity contribution in [2.24, 2.45) is 0 Å². The van der Waals surface area contributed by atoms with Crippen LogP contribution in [0.15, 0.2) is 41.3 Å². The first-order chi connectivity index (χ1) is 7.34. The van der Waals surface area contributed by atoms with E-state index in [-0.39, 0.29) is 0 Å². The number of allylic oxidation sites excluding steroid dienone is 1. The molecule has 15 heavy (non-hydrogen) atoms. The lowest BCUT2D eigenvalue weighted by molar-refractivity contribution is 1.20. The van der Waals surface area contributed by atoms with Gasteiger partial charge in [0.1, 0.15) is 0 Å². The summed E-state index contributed by atoms with van der Waals surface area (Å²) in [7, 11) is 0. The zero-order valence-electron chi connectivity index (χ0n) is 8.66. The Labute approximate surface area is 93.9 Å². The molecule has 1 aliphatic carbocycles. The molecule has 0 saturated heterocycles. The monoisotopic (exact) mass is 212 g/mol. The third-order valence-electron chi connectivity index (χ3n) is 2.84. The second kappa shape index (κ2) is 3.35. The van der Waals surface area contributed by atoms with Crippen LogP contribution in [0.1, 0.15) is 18.1 Å². The number of thiophene rings is 1. The van der Waals surface area contributed by atoms with Crippen LogP contribution >= 0.6 is 11.3 Å². The van der Waals surface area contributed by atoms with Crippen molar-refractivity contribution in [2.75, 3.05) is 0 Å². The Balaban J connectivity index is 2.22. The van der Waals surface area contributed by atoms with Crippen LogP contribution in [-0.2, 0) is 6.42 Å². The predicted octanol–water partition coefficient (Wildman–Crippen LogP) is 4.37. The zero-order valence-corrected chi connectivity index (χ0v) is 9.47. The van der Waals surface area contributed by atoms with E-state index in [9.17, 15) is 0 Å². The molecule has 0 saturated carbocycles. The van der Waals surface area contributed by atoms with Gasteiger partial charge >= 0.3 is 0 Å². The molecule has 0 fully saturated rings. The van der Waals surface area contributed by atoms with Crippen LogP contribution < -0.4 is 0 Å². The van der Waals surface area contributed by atoms with Crippen LogP contribution in [0.3, 0.4) is 0 Å². The molecule has 1 aromatic carbocycles. The smallest absolute Gasteiger partial charge is 0.0348 e. The lowest BCUT2D eigenvalue weighted by Gasteiger charge is -2.04. The van der Waals surface area contributed by atoms with E-state index in [1.54, 1.807) is 0 Å². The molecule has 1 heteroatoms. The van der Waals surface area contributed by atoms with Crippen molar-refractivity contribution in [2.45, 2.75) is 13.3 Å². The highest BCUT2D eigenvalue weighted by molar-refractivity contribution is 7.13. The molecular weight excluding hydrogens is 200 g/mol. The van der Waals surface area contributed by atoms with Gasteiger partial charge in [-0.2, -0.15) is 0 Å². The van der Waals surface area contributed by atoms with Crippen molar-refractivity contribution >= 4 is 17.4 Å². The minimum absolute atomic E-state index is 1.12. The normalized spacial score (nSPS) is 13.8. The second-order valence-electron chi connectivity index (χ2n) is 4.02. The van der Waals surface area contributed by atoms with Crippen molar-refractivity contribution < 1.29 is 0 Å². The van der Waals surface area contributed by atoms with Gasteiger partial charge in [-0.3, -0.25) is 0 Å². The van der Waals surface area contributed by atoms with E-state index >= 15 is 0 Å². The van der Waals surface area contributed by atoms with Gasteiger partial charge in [-0.25, -0.2) is 0 Å². The maximum absolute atomic E-state index is 2.32. The first-order valence-corrected chi connectivity index (χ1v) is 6.05. The minimum atomic E-state index is 1.12. The fourth-order valence-electron chi connectivity index (χ4n) is 2.18. The first kappa shape index (κ1) is 8.93. The summed E-state index contributed by atoms with van der Waals surface area (Å²) in [6.45, 7) is 2.21. The summed E-state index contributed by atoms with van der Waals surface area (Å²) < 4.78 is 0. The number of hydrogen-bond donors (Lipinski definition) is 0. The zero-order chi connectivity index (χ0) is 10.3. The topological polar surface area (TPSA) is 0 Å². The summed E-state index contributed by atoms with van der Waals surface area (Å²) in [6.07, 6.45) is 3.44. The summed E-state index contributed by atoms with van der Waals surface area (Å²) >= 11 is 1.81. The molecule has 3 rings (SSSR count). The Hall–Kier alpha value is -1.34. The Morgan fingerprint density at radius 3 is 2.87 bits per heavy atom. The maximum Gasteiger partial charge on any atom is 0.0348 e. The maximum atomic E-state index is 2.32. The number of fused-ring (bicyclic) bond motifs is 1. The highest BCUT2D eigenvalue weighted by atomic mass is 32.1. The van der Waals surface area contributed by atoms with Gasteiger partial charge < -0.3 is 0 Å². The average Bonchev–Trinajstić information content (AvgIpc) is 2.82. The van der Waals surface area contributed by atoms with Crippen molar-refractivity contribution in [3.63, 3.8) is 0 Å². The standard InChI is InChI=1S/C14H12S/c1-10-8-11-4-2-5-12(13(11)9-10)14-6-3-7-15-14/h2-7,9H,8H2,1H3. The number of benzene rings is 1. The van der Waals surface area contributed by atoms with Gasteiger partial charge in [0.05, 0.1) is 0 Å². The summed E-state index contributed by atoms with van der Waals surface area (Å²) in [5, 5.41) is 2.14. The summed E-state index contributed by atoms with van der Waals surface area (Å²) in [6, 6.07) is 10.9. The van der Waals surface area contributed by atoms with E-state index in [1.807, 2.05) is 11.3 Å². The molecule has 0 bridgehead atoms. The summed E-state index contributed by atoms with van der Waals surface area (Å²) in [5.41, 5.74) is 5.75. The fraction of sp³-hybridized carbons (Fsp3) is 0.143. The Morgan fingerprint density at radius 2 is 2.07 bits per heavy atom. The number of hydrogen-bond acceptors (Lipinski definition) is 1. The average molecular weight is 212 g/mol. The van der Waals surface area contributed by atoms with E-state index in [0.717, 1.165) is 6.42 Å². The first-order valence-electron chi connectivity index (χ1n) is 5.17. The van der Waals surface area contributed by atoms with E-state index in [1.165, 1.54) is 27.1 Å². The Kier molecular flexibility index (Phi) is 2.00. The van der Waals surface area contributed by atoms with E-state index < -0.39 is 0 Å². The van der Waals surface area contributed by atoms with Crippen LogP contribution in [0.25, 0.3) is 16.5 Å². The molecule has 2 aromatic rings. The van der Waals surface area contributed by atoms with Gasteiger partial charge in [0, 0.05) is 4.88 Å². The molecule has 0 amide bonds. The third kappa shape index (κ3) is 1.44. The van der Waals surface area contributed by atoms with Crippen LogP contribution in [0.4, 0.5) is 0 Å². The molecule has 1 aliphatic rings. The van der Waals surface area contributed by atoms with Crippen LogP contribution in [0.2, 0.25) is 0 Å². The second-order valence-corrected chi connectivity index (χ2v) is 4.97. The van der Waals surface area contributed by atoms with Gasteiger partial charge in [0.15, 0.2) is 0 Å². The minimum Gasteiger partial charge on any atom is -0.144 e. The lowest BCUT2D eigenvalue weighted by Crippen LogP contribution is -1.84. The van der Waals surface area contributed by atoms with Gasteiger partial charge in [0.2, 0.25) is 0 Å². The SMILES string of the molecule is CC1=Cc2c(cccc2-c2cccs2)C1. The predicted molar refractivity (Wildman–Crippen MR) is 67.1 cm³/mol. The lowest BCUT2D eigenvalue weighted by atomic mass is 10.0. The molecule has 1 heterocycles. The van der Waals surface area contributed by atoms with Gasteiger partial charge in [0.25, 0.3) is 0 Å². The molecule has 0 nitrogen and oxygen atoms in total. The van der Waals surface area contributed by atoms with Crippen molar-refractivity contribution in [1.82, 2.24) is 0 Å². The van der Waals surface area contributed by atoms with Gasteiger partial charge in [-0.05, 0) is 41.5 Å². The van der Waals surface area contributed by atoms with Crippen molar-refractivity contribution in [1.29, 1.82) is 0 Å². The van der Waals surface area contributed by atoms with Crippen LogP contribution in [-0.4, -0.2) is 0 Å². The molecule has 1 aromatic heterocycles. The fourth-order valence-corrected chi connectivity index (χ4v) is 2.95. The van der Waals surface area contributed by atoms with E-state index in [0.29, 0.717) is 0 Å². The van der Waals surface area contributed by atoms with Crippen LogP contribution in [0.5, 0.6) is 0 Å². The van der Waals surface area contributed by atoms with Gasteiger partial charge in [-0.1, -0.05) is 35.9 Å². The highest BCUT2D eigenvalue weighted by Gasteiger charge is 2.14. The molecular formula is C14H12S. The van der Waals surface area contributed by atoms with E-state index in [2.05, 4.69) is 48.7 Å². The summed E-state index contributed by atoms with van der Waals surface area (Å²) in [4.78, 5) is 1.37.